The molecule has 1 unspecified atom stereocenters. The topological polar surface area (TPSA) is 52.3 Å². The molecule has 0 aliphatic carbocycles. The van der Waals surface area contributed by atoms with Crippen molar-refractivity contribution in [3.8, 4) is 0 Å². The van der Waals surface area contributed by atoms with Gasteiger partial charge in [-0.3, -0.25) is 4.79 Å². The number of ether oxygens (including phenoxy) is 1. The number of hydrogen-bond donors (Lipinski definition) is 1. The minimum atomic E-state index is -0.459. The second-order valence-corrected chi connectivity index (χ2v) is 4.46. The molecule has 0 spiro atoms. The van der Waals surface area contributed by atoms with Gasteiger partial charge in [0.1, 0.15) is 6.04 Å². The minimum Gasteiger partial charge on any atom is -0.465 e. The molecule has 0 fully saturated rings. The van der Waals surface area contributed by atoms with Gasteiger partial charge in [-0.15, -0.1) is 12.4 Å². The van der Waals surface area contributed by atoms with Crippen LogP contribution < -0.4 is 5.73 Å². The van der Waals surface area contributed by atoms with Crippen molar-refractivity contribution in [2.45, 2.75) is 46.6 Å². The molecule has 0 aliphatic heterocycles. The Morgan fingerprint density at radius 2 is 1.93 bits per heavy atom. The summed E-state index contributed by atoms with van der Waals surface area (Å²) in [5, 5.41) is 0. The summed E-state index contributed by atoms with van der Waals surface area (Å²) in [6, 6.07) is -0.459. The Bertz CT molecular complexity index is 166. The molecule has 0 aromatic heterocycles. The van der Waals surface area contributed by atoms with Gasteiger partial charge >= 0.3 is 5.97 Å². The van der Waals surface area contributed by atoms with Crippen molar-refractivity contribution in [2.24, 2.45) is 11.1 Å². The Morgan fingerprint density at radius 3 is 2.29 bits per heavy atom. The van der Waals surface area contributed by atoms with Gasteiger partial charge in [-0.1, -0.05) is 20.8 Å². The van der Waals surface area contributed by atoms with E-state index in [2.05, 4.69) is 20.8 Å². The zero-order valence-electron chi connectivity index (χ0n) is 9.50. The highest BCUT2D eigenvalue weighted by Gasteiger charge is 2.18. The molecule has 0 aromatic rings. The first-order chi connectivity index (χ1) is 5.87. The molecule has 0 aromatic carbocycles. The van der Waals surface area contributed by atoms with Gasteiger partial charge in [-0.25, -0.2) is 0 Å². The van der Waals surface area contributed by atoms with E-state index in [0.717, 1.165) is 6.42 Å². The van der Waals surface area contributed by atoms with E-state index in [1.807, 2.05) is 0 Å². The molecule has 0 rings (SSSR count). The van der Waals surface area contributed by atoms with Gasteiger partial charge in [0.05, 0.1) is 6.61 Å². The molecule has 0 radical (unpaired) electrons. The highest BCUT2D eigenvalue weighted by molar-refractivity contribution is 5.85. The lowest BCUT2D eigenvalue weighted by molar-refractivity contribution is -0.144. The Kier molecular flexibility index (Phi) is 8.16. The van der Waals surface area contributed by atoms with E-state index in [4.69, 9.17) is 10.5 Å². The van der Waals surface area contributed by atoms with Crippen LogP contribution in [-0.2, 0) is 9.53 Å². The molecular formula is C10H22ClNO2. The molecule has 1 atom stereocenters. The standard InChI is InChI=1S/C10H21NO2.ClH/c1-5-13-9(12)8(11)6-7-10(2,3)4;/h8H,5-7,11H2,1-4H3;1H. The number of halogens is 1. The van der Waals surface area contributed by atoms with Crippen LogP contribution in [0.5, 0.6) is 0 Å². The first-order valence-electron chi connectivity index (χ1n) is 4.79. The van der Waals surface area contributed by atoms with Gasteiger partial charge in [0, 0.05) is 0 Å². The van der Waals surface area contributed by atoms with Crippen molar-refractivity contribution >= 4 is 18.4 Å². The predicted molar refractivity (Wildman–Crippen MR) is 60.5 cm³/mol. The molecule has 2 N–H and O–H groups in total. The third-order valence-electron chi connectivity index (χ3n) is 1.79. The third kappa shape index (κ3) is 8.32. The number of nitrogens with two attached hydrogens (primary N) is 1. The Balaban J connectivity index is 0. The average molecular weight is 224 g/mol. The van der Waals surface area contributed by atoms with Gasteiger partial charge in [0.15, 0.2) is 0 Å². The lowest BCUT2D eigenvalue weighted by Gasteiger charge is -2.19. The van der Waals surface area contributed by atoms with Crippen LogP contribution in [-0.4, -0.2) is 18.6 Å². The minimum absolute atomic E-state index is 0. The van der Waals surface area contributed by atoms with Gasteiger partial charge in [-0.05, 0) is 25.2 Å². The normalized spacial score (nSPS) is 12.9. The smallest absolute Gasteiger partial charge is 0.322 e. The summed E-state index contributed by atoms with van der Waals surface area (Å²) < 4.78 is 4.80. The van der Waals surface area contributed by atoms with Gasteiger partial charge in [-0.2, -0.15) is 0 Å². The molecule has 0 aliphatic rings. The van der Waals surface area contributed by atoms with Crippen molar-refractivity contribution < 1.29 is 9.53 Å². The van der Waals surface area contributed by atoms with Crippen LogP contribution in [0, 0.1) is 5.41 Å². The molecule has 86 valence electrons. The Labute approximate surface area is 92.8 Å². The zero-order valence-corrected chi connectivity index (χ0v) is 10.3. The molecular weight excluding hydrogens is 202 g/mol. The number of carbonyl (C=O) groups excluding carboxylic acids is 1. The van der Waals surface area contributed by atoms with Crippen LogP contribution in [0.4, 0.5) is 0 Å². The van der Waals surface area contributed by atoms with Crippen molar-refractivity contribution in [2.75, 3.05) is 6.61 Å². The van der Waals surface area contributed by atoms with E-state index < -0.39 is 6.04 Å². The highest BCUT2D eigenvalue weighted by Crippen LogP contribution is 2.21. The van der Waals surface area contributed by atoms with Gasteiger partial charge in [0.2, 0.25) is 0 Å². The van der Waals surface area contributed by atoms with E-state index in [1.165, 1.54) is 0 Å². The zero-order chi connectivity index (χ0) is 10.5. The lowest BCUT2D eigenvalue weighted by Crippen LogP contribution is -2.33. The summed E-state index contributed by atoms with van der Waals surface area (Å²) in [4.78, 5) is 11.1. The molecule has 0 saturated carbocycles. The third-order valence-corrected chi connectivity index (χ3v) is 1.79. The molecule has 0 saturated heterocycles. The number of hydrogen-bond acceptors (Lipinski definition) is 3. The Hall–Kier alpha value is -0.280. The van der Waals surface area contributed by atoms with Gasteiger partial charge < -0.3 is 10.5 Å². The summed E-state index contributed by atoms with van der Waals surface area (Å²) in [7, 11) is 0. The first-order valence-corrected chi connectivity index (χ1v) is 4.79. The molecule has 0 amide bonds. The highest BCUT2D eigenvalue weighted by atomic mass is 35.5. The maximum Gasteiger partial charge on any atom is 0.322 e. The summed E-state index contributed by atoms with van der Waals surface area (Å²) in [6.07, 6.45) is 1.63. The SMILES string of the molecule is CCOC(=O)C(N)CCC(C)(C)C.Cl. The Morgan fingerprint density at radius 1 is 1.43 bits per heavy atom. The maximum absolute atomic E-state index is 11.1. The van der Waals surface area contributed by atoms with Crippen molar-refractivity contribution in [1.29, 1.82) is 0 Å². The fourth-order valence-corrected chi connectivity index (χ4v) is 0.956. The fourth-order valence-electron chi connectivity index (χ4n) is 0.956. The molecule has 4 heteroatoms. The second kappa shape index (κ2) is 7.07. The van der Waals surface area contributed by atoms with Crippen LogP contribution in [0.1, 0.15) is 40.5 Å². The van der Waals surface area contributed by atoms with Gasteiger partial charge in [0.25, 0.3) is 0 Å². The number of rotatable bonds is 4. The average Bonchev–Trinajstić information content (AvgIpc) is 1.99. The van der Waals surface area contributed by atoms with E-state index in [-0.39, 0.29) is 23.8 Å². The van der Waals surface area contributed by atoms with Crippen molar-refractivity contribution in [1.82, 2.24) is 0 Å². The van der Waals surface area contributed by atoms with E-state index in [0.29, 0.717) is 13.0 Å². The van der Waals surface area contributed by atoms with E-state index in [9.17, 15) is 4.79 Å². The van der Waals surface area contributed by atoms with E-state index >= 15 is 0 Å². The lowest BCUT2D eigenvalue weighted by atomic mass is 9.89. The number of carbonyl (C=O) groups is 1. The van der Waals surface area contributed by atoms with Crippen LogP contribution in [0.25, 0.3) is 0 Å². The fraction of sp³-hybridized carbons (Fsp3) is 0.900. The summed E-state index contributed by atoms with van der Waals surface area (Å²) in [5.74, 6) is -0.285. The van der Waals surface area contributed by atoms with Crippen LogP contribution in [0.2, 0.25) is 0 Å². The van der Waals surface area contributed by atoms with Crippen molar-refractivity contribution in [3.63, 3.8) is 0 Å². The monoisotopic (exact) mass is 223 g/mol. The van der Waals surface area contributed by atoms with E-state index in [1.54, 1.807) is 6.92 Å². The molecule has 0 bridgehead atoms. The predicted octanol–water partition coefficient (Wildman–Crippen LogP) is 2.12. The maximum atomic E-state index is 11.1. The van der Waals surface area contributed by atoms with Crippen LogP contribution >= 0.6 is 12.4 Å². The second-order valence-electron chi connectivity index (χ2n) is 4.46. The van der Waals surface area contributed by atoms with Crippen LogP contribution in [0.3, 0.4) is 0 Å². The summed E-state index contributed by atoms with van der Waals surface area (Å²) in [5.41, 5.74) is 5.86. The summed E-state index contributed by atoms with van der Waals surface area (Å²) in [6.45, 7) is 8.58. The molecule has 3 nitrogen and oxygen atoms in total. The molecule has 14 heavy (non-hydrogen) atoms. The molecule has 0 heterocycles. The quantitative estimate of drug-likeness (QED) is 0.743. The largest absolute Gasteiger partial charge is 0.465 e. The summed E-state index contributed by atoms with van der Waals surface area (Å²) >= 11 is 0. The first kappa shape index (κ1) is 16.2. The van der Waals surface area contributed by atoms with Crippen molar-refractivity contribution in [3.05, 3.63) is 0 Å². The number of esters is 1. The van der Waals surface area contributed by atoms with Crippen LogP contribution in [0.15, 0.2) is 0 Å².